The molecule has 0 aliphatic rings. The van der Waals surface area contributed by atoms with Crippen LogP contribution < -0.4 is 0 Å². The lowest BCUT2D eigenvalue weighted by Gasteiger charge is -2.22. The number of Topliss-reactive ketones (excluding diaryl/α,β-unsaturated/α-hetero) is 1. The highest BCUT2D eigenvalue weighted by atomic mass is 16.7. The van der Waals surface area contributed by atoms with Gasteiger partial charge in [-0.05, 0) is 34.6 Å². The molecule has 17 heavy (non-hydrogen) atoms. The number of ether oxygens (including phenoxy) is 3. The van der Waals surface area contributed by atoms with Gasteiger partial charge in [0.1, 0.15) is 18.8 Å². The van der Waals surface area contributed by atoms with Crippen molar-refractivity contribution in [3.63, 3.8) is 0 Å². The van der Waals surface area contributed by atoms with E-state index in [1.54, 1.807) is 0 Å². The minimum atomic E-state index is -0.592. The zero-order chi connectivity index (χ0) is 13.4. The number of carbonyl (C=O) groups is 2. The molecule has 0 heterocycles. The third kappa shape index (κ3) is 9.96. The van der Waals surface area contributed by atoms with Crippen molar-refractivity contribution >= 4 is 11.8 Å². The van der Waals surface area contributed by atoms with Gasteiger partial charge in [-0.15, -0.1) is 0 Å². The van der Waals surface area contributed by atoms with E-state index < -0.39 is 12.3 Å². The van der Waals surface area contributed by atoms with Crippen LogP contribution in [0.2, 0.25) is 0 Å². The molecular weight excluding hydrogens is 224 g/mol. The number of carbonyl (C=O) groups excluding carboxylic acids is 2. The topological polar surface area (TPSA) is 61.8 Å². The van der Waals surface area contributed by atoms with Gasteiger partial charge < -0.3 is 14.2 Å². The van der Waals surface area contributed by atoms with Gasteiger partial charge in [0.05, 0.1) is 12.2 Å². The Morgan fingerprint density at radius 2 is 1.47 bits per heavy atom. The SMILES string of the molecule is CC(=O)CC(=O)OCC(OC(C)C)OC(C)C. The Morgan fingerprint density at radius 1 is 1.00 bits per heavy atom. The zero-order valence-electron chi connectivity index (χ0n) is 11.2. The summed E-state index contributed by atoms with van der Waals surface area (Å²) in [6, 6.07) is 0. The average molecular weight is 246 g/mol. The highest BCUT2D eigenvalue weighted by Gasteiger charge is 2.16. The number of ketones is 1. The van der Waals surface area contributed by atoms with Gasteiger partial charge in [-0.25, -0.2) is 0 Å². The van der Waals surface area contributed by atoms with Crippen molar-refractivity contribution in [3.05, 3.63) is 0 Å². The fraction of sp³-hybridized carbons (Fsp3) is 0.833. The summed E-state index contributed by atoms with van der Waals surface area (Å²) in [4.78, 5) is 21.9. The number of hydrogen-bond donors (Lipinski definition) is 0. The van der Waals surface area contributed by atoms with Gasteiger partial charge in [0, 0.05) is 0 Å². The van der Waals surface area contributed by atoms with Crippen LogP contribution in [0.1, 0.15) is 41.0 Å². The molecule has 0 atom stereocenters. The predicted octanol–water partition coefficient (Wildman–Crippen LogP) is 1.68. The van der Waals surface area contributed by atoms with E-state index in [4.69, 9.17) is 14.2 Å². The third-order valence-electron chi connectivity index (χ3n) is 1.62. The highest BCUT2D eigenvalue weighted by molar-refractivity contribution is 5.94. The van der Waals surface area contributed by atoms with Crippen molar-refractivity contribution in [1.29, 1.82) is 0 Å². The molecule has 0 saturated heterocycles. The summed E-state index contributed by atoms with van der Waals surface area (Å²) in [5.74, 6) is -0.775. The molecule has 0 N–H and O–H groups in total. The highest BCUT2D eigenvalue weighted by Crippen LogP contribution is 2.05. The van der Waals surface area contributed by atoms with Gasteiger partial charge in [0.2, 0.25) is 0 Å². The van der Waals surface area contributed by atoms with Crippen LogP contribution in [0, 0.1) is 0 Å². The minimum Gasteiger partial charge on any atom is -0.460 e. The molecule has 0 aliphatic heterocycles. The Labute approximate surface area is 102 Å². The maximum atomic E-state index is 11.2. The first kappa shape index (κ1) is 16.1. The zero-order valence-corrected chi connectivity index (χ0v) is 11.2. The van der Waals surface area contributed by atoms with Gasteiger partial charge in [0.25, 0.3) is 0 Å². The van der Waals surface area contributed by atoms with Crippen molar-refractivity contribution in [3.8, 4) is 0 Å². The summed E-state index contributed by atoms with van der Waals surface area (Å²) >= 11 is 0. The van der Waals surface area contributed by atoms with E-state index in [0.717, 1.165) is 0 Å². The second-order valence-corrected chi connectivity index (χ2v) is 4.36. The average Bonchev–Trinajstić information content (AvgIpc) is 2.11. The van der Waals surface area contributed by atoms with Gasteiger partial charge in [-0.1, -0.05) is 0 Å². The molecule has 0 aromatic heterocycles. The van der Waals surface area contributed by atoms with Crippen LogP contribution in [0.5, 0.6) is 0 Å². The molecule has 100 valence electrons. The molecule has 0 rings (SSSR count). The number of rotatable bonds is 8. The summed E-state index contributed by atoms with van der Waals surface area (Å²) in [5, 5.41) is 0. The minimum absolute atomic E-state index is 0.00245. The molecule has 0 unspecified atom stereocenters. The van der Waals surface area contributed by atoms with Gasteiger partial charge in [-0.3, -0.25) is 9.59 Å². The monoisotopic (exact) mass is 246 g/mol. The van der Waals surface area contributed by atoms with E-state index in [9.17, 15) is 9.59 Å². The molecular formula is C12H22O5. The van der Waals surface area contributed by atoms with Gasteiger partial charge in [0.15, 0.2) is 6.29 Å². The van der Waals surface area contributed by atoms with E-state index in [-0.39, 0.29) is 31.0 Å². The largest absolute Gasteiger partial charge is 0.460 e. The van der Waals surface area contributed by atoms with Crippen molar-refractivity contribution in [2.24, 2.45) is 0 Å². The molecule has 0 aliphatic carbocycles. The van der Waals surface area contributed by atoms with E-state index in [1.165, 1.54) is 6.92 Å². The molecule has 0 bridgehead atoms. The van der Waals surface area contributed by atoms with E-state index in [0.29, 0.717) is 0 Å². The first-order valence-electron chi connectivity index (χ1n) is 5.77. The Bertz CT molecular complexity index is 237. The summed E-state index contributed by atoms with van der Waals surface area (Å²) in [6.07, 6.45) is -0.850. The van der Waals surface area contributed by atoms with E-state index in [2.05, 4.69) is 0 Å². The molecule has 0 aromatic rings. The summed E-state index contributed by atoms with van der Waals surface area (Å²) in [7, 11) is 0. The predicted molar refractivity (Wildman–Crippen MR) is 62.5 cm³/mol. The lowest BCUT2D eigenvalue weighted by atomic mass is 10.3. The second kappa shape index (κ2) is 8.20. The van der Waals surface area contributed by atoms with Crippen LogP contribution >= 0.6 is 0 Å². The van der Waals surface area contributed by atoms with Crippen LogP contribution in [-0.4, -0.2) is 36.9 Å². The van der Waals surface area contributed by atoms with Gasteiger partial charge >= 0.3 is 5.97 Å². The summed E-state index contributed by atoms with van der Waals surface area (Å²) in [6.45, 7) is 8.82. The Kier molecular flexibility index (Phi) is 7.74. The Hall–Kier alpha value is -0.940. The van der Waals surface area contributed by atoms with E-state index >= 15 is 0 Å². The Morgan fingerprint density at radius 3 is 1.82 bits per heavy atom. The second-order valence-electron chi connectivity index (χ2n) is 4.36. The van der Waals surface area contributed by atoms with E-state index in [1.807, 2.05) is 27.7 Å². The quantitative estimate of drug-likeness (QED) is 0.370. The van der Waals surface area contributed by atoms with Crippen LogP contribution in [0.3, 0.4) is 0 Å². The third-order valence-corrected chi connectivity index (χ3v) is 1.62. The molecule has 0 radical (unpaired) electrons. The van der Waals surface area contributed by atoms with Crippen molar-refractivity contribution in [1.82, 2.24) is 0 Å². The van der Waals surface area contributed by atoms with Crippen LogP contribution in [-0.2, 0) is 23.8 Å². The fourth-order valence-corrected chi connectivity index (χ4v) is 1.13. The maximum absolute atomic E-state index is 11.2. The van der Waals surface area contributed by atoms with Crippen LogP contribution in [0.15, 0.2) is 0 Å². The van der Waals surface area contributed by atoms with Gasteiger partial charge in [-0.2, -0.15) is 0 Å². The van der Waals surface area contributed by atoms with Crippen LogP contribution in [0.25, 0.3) is 0 Å². The first-order chi connectivity index (χ1) is 7.81. The molecule has 0 aromatic carbocycles. The molecule has 0 fully saturated rings. The lowest BCUT2D eigenvalue weighted by molar-refractivity contribution is -0.207. The molecule has 0 amide bonds. The number of hydrogen-bond acceptors (Lipinski definition) is 5. The van der Waals surface area contributed by atoms with Crippen molar-refractivity contribution in [2.75, 3.05) is 6.61 Å². The first-order valence-corrected chi connectivity index (χ1v) is 5.77. The molecule has 0 spiro atoms. The van der Waals surface area contributed by atoms with Crippen LogP contribution in [0.4, 0.5) is 0 Å². The summed E-state index contributed by atoms with van der Waals surface area (Å²) in [5.41, 5.74) is 0. The molecule has 5 heteroatoms. The number of esters is 1. The molecule has 0 saturated carbocycles. The lowest BCUT2D eigenvalue weighted by Crippen LogP contribution is -2.30. The maximum Gasteiger partial charge on any atom is 0.313 e. The normalized spacial score (nSPS) is 11.3. The summed E-state index contributed by atoms with van der Waals surface area (Å²) < 4.78 is 15.8. The van der Waals surface area contributed by atoms with Crippen molar-refractivity contribution < 1.29 is 23.8 Å². The Balaban J connectivity index is 4.06. The fourth-order valence-electron chi connectivity index (χ4n) is 1.13. The molecule has 5 nitrogen and oxygen atoms in total. The van der Waals surface area contributed by atoms with Crippen molar-refractivity contribution in [2.45, 2.75) is 59.5 Å². The smallest absolute Gasteiger partial charge is 0.313 e. The standard InChI is InChI=1S/C12H22O5/c1-8(2)16-12(17-9(3)4)7-15-11(14)6-10(5)13/h8-9,12H,6-7H2,1-5H3.